The number of nitrogens with one attached hydrogen (secondary N) is 1. The van der Waals surface area contributed by atoms with Gasteiger partial charge in [-0.15, -0.1) is 0 Å². The lowest BCUT2D eigenvalue weighted by atomic mass is 9.96. The van der Waals surface area contributed by atoms with Crippen molar-refractivity contribution in [1.29, 1.82) is 0 Å². The van der Waals surface area contributed by atoms with Crippen LogP contribution in [0.5, 0.6) is 0 Å². The van der Waals surface area contributed by atoms with E-state index in [1.807, 2.05) is 48.0 Å². The predicted molar refractivity (Wildman–Crippen MR) is 118 cm³/mol. The van der Waals surface area contributed by atoms with E-state index in [4.69, 9.17) is 12.2 Å². The molecule has 0 bridgehead atoms. The van der Waals surface area contributed by atoms with E-state index in [1.54, 1.807) is 6.07 Å². The maximum atomic E-state index is 14.5. The zero-order chi connectivity index (χ0) is 20.5. The fourth-order valence-electron chi connectivity index (χ4n) is 4.32. The van der Waals surface area contributed by atoms with Crippen LogP contribution in [0.15, 0.2) is 54.7 Å². The molecular weight excluding hydrogens is 383 g/mol. The summed E-state index contributed by atoms with van der Waals surface area (Å²) in [6, 6.07) is 14.9. The lowest BCUT2D eigenvalue weighted by Crippen LogP contribution is -2.30. The number of hydrogen-bond acceptors (Lipinski definition) is 2. The number of aromatic nitrogens is 2. The van der Waals surface area contributed by atoms with E-state index in [1.165, 1.54) is 6.07 Å². The van der Waals surface area contributed by atoms with Crippen molar-refractivity contribution < 1.29 is 4.39 Å². The highest BCUT2D eigenvalue weighted by molar-refractivity contribution is 7.80. The van der Waals surface area contributed by atoms with Gasteiger partial charge in [-0.1, -0.05) is 25.1 Å². The van der Waals surface area contributed by atoms with Crippen LogP contribution in [0, 0.1) is 19.7 Å². The molecule has 0 aliphatic carbocycles. The van der Waals surface area contributed by atoms with Crippen LogP contribution in [0.2, 0.25) is 0 Å². The van der Waals surface area contributed by atoms with Crippen molar-refractivity contribution in [2.45, 2.75) is 39.3 Å². The number of rotatable bonds is 5. The first-order chi connectivity index (χ1) is 14.0. The van der Waals surface area contributed by atoms with Crippen LogP contribution in [0.1, 0.15) is 48.1 Å². The van der Waals surface area contributed by atoms with Gasteiger partial charge in [0.25, 0.3) is 0 Å². The Morgan fingerprint density at radius 1 is 1.14 bits per heavy atom. The maximum absolute atomic E-state index is 14.5. The molecular formula is C23H25FN4S. The van der Waals surface area contributed by atoms with Crippen LogP contribution < -0.4 is 5.32 Å². The van der Waals surface area contributed by atoms with Gasteiger partial charge < -0.3 is 14.8 Å². The topological polar surface area (TPSA) is 33.1 Å². The van der Waals surface area contributed by atoms with Gasteiger partial charge in [0.05, 0.1) is 23.5 Å². The monoisotopic (exact) mass is 408 g/mol. The molecule has 1 fully saturated rings. The summed E-state index contributed by atoms with van der Waals surface area (Å²) in [4.78, 5) is 6.82. The second-order valence-corrected chi connectivity index (χ2v) is 7.82. The van der Waals surface area contributed by atoms with Crippen molar-refractivity contribution in [2.24, 2.45) is 0 Å². The van der Waals surface area contributed by atoms with Crippen molar-refractivity contribution in [2.75, 3.05) is 6.54 Å². The molecule has 4 rings (SSSR count). The molecule has 3 aromatic rings. The van der Waals surface area contributed by atoms with Crippen LogP contribution in [0.4, 0.5) is 4.39 Å². The van der Waals surface area contributed by atoms with Gasteiger partial charge in [-0.3, -0.25) is 4.98 Å². The number of halogens is 1. The summed E-state index contributed by atoms with van der Waals surface area (Å²) in [7, 11) is 0. The smallest absolute Gasteiger partial charge is 0.170 e. The van der Waals surface area contributed by atoms with Gasteiger partial charge in [-0.05, 0) is 68.4 Å². The minimum atomic E-state index is -0.229. The number of thiocarbonyl (C=S) groups is 1. The number of nitrogens with zero attached hydrogens (tertiary/aromatic N) is 3. The van der Waals surface area contributed by atoms with Gasteiger partial charge >= 0.3 is 0 Å². The van der Waals surface area contributed by atoms with Crippen molar-refractivity contribution in [3.05, 3.63) is 83.2 Å². The van der Waals surface area contributed by atoms with Gasteiger partial charge in [-0.2, -0.15) is 0 Å². The quantitative estimate of drug-likeness (QED) is 0.602. The van der Waals surface area contributed by atoms with Gasteiger partial charge in [0, 0.05) is 24.1 Å². The van der Waals surface area contributed by atoms with E-state index < -0.39 is 0 Å². The minimum Gasteiger partial charge on any atom is -0.352 e. The first kappa shape index (κ1) is 19.6. The molecule has 0 radical (unpaired) electrons. The van der Waals surface area contributed by atoms with Crippen molar-refractivity contribution in [3.8, 4) is 5.69 Å². The zero-order valence-electron chi connectivity index (χ0n) is 16.9. The highest BCUT2D eigenvalue weighted by Gasteiger charge is 2.41. The van der Waals surface area contributed by atoms with Crippen LogP contribution in [-0.4, -0.2) is 26.1 Å². The van der Waals surface area contributed by atoms with Crippen molar-refractivity contribution in [1.82, 2.24) is 19.8 Å². The molecule has 2 aromatic heterocycles. The Hall–Kier alpha value is -2.73. The molecule has 0 saturated carbocycles. The summed E-state index contributed by atoms with van der Waals surface area (Å²) in [6.07, 6.45) is 2.79. The highest BCUT2D eigenvalue weighted by atomic mass is 32.1. The Bertz CT molecular complexity index is 1030. The van der Waals surface area contributed by atoms with Crippen molar-refractivity contribution in [3.63, 3.8) is 0 Å². The van der Waals surface area contributed by atoms with E-state index >= 15 is 0 Å². The van der Waals surface area contributed by atoms with Crippen LogP contribution in [-0.2, 0) is 0 Å². The van der Waals surface area contributed by atoms with Gasteiger partial charge in [-0.25, -0.2) is 4.39 Å². The molecule has 0 unspecified atom stereocenters. The van der Waals surface area contributed by atoms with E-state index in [2.05, 4.69) is 35.1 Å². The van der Waals surface area contributed by atoms with E-state index in [0.717, 1.165) is 40.7 Å². The molecule has 1 aromatic carbocycles. The Morgan fingerprint density at radius 2 is 1.90 bits per heavy atom. The summed E-state index contributed by atoms with van der Waals surface area (Å²) >= 11 is 5.68. The molecule has 6 heteroatoms. The maximum Gasteiger partial charge on any atom is 0.170 e. The molecule has 1 N–H and O–H groups in total. The Labute approximate surface area is 176 Å². The molecule has 3 heterocycles. The Kier molecular flexibility index (Phi) is 5.37. The molecule has 150 valence electrons. The van der Waals surface area contributed by atoms with E-state index in [9.17, 15) is 4.39 Å². The van der Waals surface area contributed by atoms with E-state index in [0.29, 0.717) is 5.69 Å². The van der Waals surface area contributed by atoms with E-state index in [-0.39, 0.29) is 17.9 Å². The average molecular weight is 409 g/mol. The van der Waals surface area contributed by atoms with Gasteiger partial charge in [0.2, 0.25) is 0 Å². The zero-order valence-corrected chi connectivity index (χ0v) is 17.7. The summed E-state index contributed by atoms with van der Waals surface area (Å²) in [6.45, 7) is 7.07. The third-order valence-corrected chi connectivity index (χ3v) is 5.90. The summed E-state index contributed by atoms with van der Waals surface area (Å²) < 4.78 is 16.5. The average Bonchev–Trinajstić information content (AvgIpc) is 3.19. The highest BCUT2D eigenvalue weighted by Crippen LogP contribution is 2.41. The summed E-state index contributed by atoms with van der Waals surface area (Å²) in [5.74, 6) is -0.229. The third kappa shape index (κ3) is 3.42. The minimum absolute atomic E-state index is 0.00377. The first-order valence-corrected chi connectivity index (χ1v) is 10.4. The lowest BCUT2D eigenvalue weighted by Gasteiger charge is -2.27. The largest absolute Gasteiger partial charge is 0.352 e. The standard InChI is InChI=1S/C23H25FN4S/c1-4-13-27-22(21(26-23(27)29)19-10-7-8-12-25-19)17-14-15(2)28(16(17)3)20-11-6-5-9-18(20)24/h5-12,14,21-22H,4,13H2,1-3H3,(H,26,29)/t21-,22+/m1/s1. The van der Waals surface area contributed by atoms with Crippen molar-refractivity contribution >= 4 is 17.3 Å². The molecule has 1 aliphatic heterocycles. The second kappa shape index (κ2) is 7.95. The number of para-hydroxylation sites is 1. The normalized spacial score (nSPS) is 18.9. The lowest BCUT2D eigenvalue weighted by molar-refractivity contribution is 0.316. The number of pyridine rings is 1. The molecule has 0 spiro atoms. The predicted octanol–water partition coefficient (Wildman–Crippen LogP) is 5.01. The molecule has 1 aliphatic rings. The molecule has 0 amide bonds. The Balaban J connectivity index is 1.85. The molecule has 1 saturated heterocycles. The second-order valence-electron chi connectivity index (χ2n) is 7.43. The van der Waals surface area contributed by atoms with Crippen LogP contribution >= 0.6 is 12.2 Å². The molecule has 4 nitrogen and oxygen atoms in total. The van der Waals surface area contributed by atoms with Crippen LogP contribution in [0.3, 0.4) is 0 Å². The number of hydrogen-bond donors (Lipinski definition) is 1. The molecule has 2 atom stereocenters. The Morgan fingerprint density at radius 3 is 2.59 bits per heavy atom. The first-order valence-electron chi connectivity index (χ1n) is 9.94. The fraction of sp³-hybridized carbons (Fsp3) is 0.304. The third-order valence-electron chi connectivity index (χ3n) is 5.54. The van der Waals surface area contributed by atoms with Crippen LogP contribution in [0.25, 0.3) is 5.69 Å². The number of aryl methyl sites for hydroxylation is 1. The summed E-state index contributed by atoms with van der Waals surface area (Å²) in [5.41, 5.74) is 4.68. The molecule has 29 heavy (non-hydrogen) atoms. The number of benzene rings is 1. The van der Waals surface area contributed by atoms with Gasteiger partial charge in [0.15, 0.2) is 5.11 Å². The SMILES string of the molecule is CCCN1C(=S)N[C@H](c2ccccn2)[C@@H]1c1cc(C)n(-c2ccccc2F)c1C. The fourth-order valence-corrected chi connectivity index (χ4v) is 4.65. The van der Waals surface area contributed by atoms with Gasteiger partial charge in [0.1, 0.15) is 5.82 Å². The summed E-state index contributed by atoms with van der Waals surface area (Å²) in [5, 5.41) is 4.21.